The highest BCUT2D eigenvalue weighted by Gasteiger charge is 2.40. The summed E-state index contributed by atoms with van der Waals surface area (Å²) in [5.41, 5.74) is 2.14. The molecule has 1 amide bonds. The van der Waals surface area contributed by atoms with Crippen molar-refractivity contribution in [2.24, 2.45) is 15.9 Å². The lowest BCUT2D eigenvalue weighted by atomic mass is 9.89. The molecule has 6 nitrogen and oxygen atoms in total. The fourth-order valence-electron chi connectivity index (χ4n) is 3.48. The van der Waals surface area contributed by atoms with E-state index in [1.165, 1.54) is 28.7 Å². The Hall–Kier alpha value is -2.19. The molecule has 8 heteroatoms. The topological polar surface area (TPSA) is 80.7 Å². The first-order valence-electron chi connectivity index (χ1n) is 8.89. The van der Waals surface area contributed by atoms with Crippen LogP contribution < -0.4 is 0 Å². The number of rotatable bonds is 3. The van der Waals surface area contributed by atoms with Crippen LogP contribution in [0.1, 0.15) is 31.6 Å². The van der Waals surface area contributed by atoms with Gasteiger partial charge in [0.15, 0.2) is 5.17 Å². The summed E-state index contributed by atoms with van der Waals surface area (Å²) in [6.07, 6.45) is 4.42. The first-order valence-corrected chi connectivity index (χ1v) is 10.7. The number of hydrogen-bond acceptors (Lipinski definition) is 7. The minimum absolute atomic E-state index is 0.0857. The van der Waals surface area contributed by atoms with E-state index in [-0.39, 0.29) is 11.8 Å². The number of aromatic nitrogens is 2. The van der Waals surface area contributed by atoms with Gasteiger partial charge >= 0.3 is 0 Å². The molecule has 0 fully saturated rings. The molecule has 1 atom stereocenters. The van der Waals surface area contributed by atoms with Crippen molar-refractivity contribution in [2.45, 2.75) is 31.4 Å². The van der Waals surface area contributed by atoms with E-state index in [2.05, 4.69) is 20.2 Å². The fourth-order valence-corrected chi connectivity index (χ4v) is 5.56. The molecule has 136 valence electrons. The third-order valence-electron chi connectivity index (χ3n) is 4.75. The monoisotopic (exact) mass is 396 g/mol. The summed E-state index contributed by atoms with van der Waals surface area (Å²) in [5.74, 6) is 1.11. The van der Waals surface area contributed by atoms with Crippen LogP contribution in [-0.4, -0.2) is 26.3 Å². The Balaban J connectivity index is 1.28. The van der Waals surface area contributed by atoms with Gasteiger partial charge < -0.3 is 4.42 Å². The zero-order valence-electron chi connectivity index (χ0n) is 14.4. The molecule has 3 aliphatic rings. The van der Waals surface area contributed by atoms with Crippen LogP contribution >= 0.6 is 23.5 Å². The number of allylic oxidation sites excluding steroid dienone is 1. The summed E-state index contributed by atoms with van der Waals surface area (Å²) in [7, 11) is 0. The lowest BCUT2D eigenvalue weighted by molar-refractivity contribution is -0.118. The Morgan fingerprint density at radius 1 is 1.11 bits per heavy atom. The second-order valence-corrected chi connectivity index (χ2v) is 8.59. The molecular formula is C19H16N4O2S2. The summed E-state index contributed by atoms with van der Waals surface area (Å²) < 4.78 is 5.71. The molecule has 2 aliphatic heterocycles. The molecule has 0 radical (unpaired) electrons. The van der Waals surface area contributed by atoms with Gasteiger partial charge in [0.25, 0.3) is 5.91 Å². The zero-order chi connectivity index (χ0) is 18.2. The van der Waals surface area contributed by atoms with Crippen LogP contribution in [0.15, 0.2) is 55.2 Å². The highest BCUT2D eigenvalue weighted by Crippen LogP contribution is 2.47. The van der Waals surface area contributed by atoms with E-state index in [4.69, 9.17) is 4.42 Å². The van der Waals surface area contributed by atoms with Gasteiger partial charge in [0.1, 0.15) is 5.92 Å². The third-order valence-corrected chi connectivity index (χ3v) is 6.83. The smallest absolute Gasteiger partial charge is 0.262 e. The molecule has 0 saturated carbocycles. The molecule has 0 saturated heterocycles. The highest BCUT2D eigenvalue weighted by atomic mass is 32.2. The van der Waals surface area contributed by atoms with Crippen LogP contribution in [0, 0.1) is 5.92 Å². The van der Waals surface area contributed by atoms with Crippen molar-refractivity contribution in [3.05, 3.63) is 46.7 Å². The van der Waals surface area contributed by atoms with Crippen molar-refractivity contribution in [1.29, 1.82) is 0 Å². The lowest BCUT2D eigenvalue weighted by Crippen LogP contribution is -2.25. The number of fused-ring (bicyclic) bond motifs is 2. The van der Waals surface area contributed by atoms with Crippen LogP contribution in [0.25, 0.3) is 11.5 Å². The summed E-state index contributed by atoms with van der Waals surface area (Å²) in [6, 6.07) is 9.64. The average Bonchev–Trinajstić information content (AvgIpc) is 3.31. The normalized spacial score (nSPS) is 21.6. The van der Waals surface area contributed by atoms with Gasteiger partial charge in [-0.15, -0.1) is 10.2 Å². The van der Waals surface area contributed by atoms with Crippen molar-refractivity contribution in [1.82, 2.24) is 10.2 Å². The number of benzene rings is 1. The number of thioether (sulfide) groups is 2. The molecule has 0 bridgehead atoms. The van der Waals surface area contributed by atoms with Crippen LogP contribution in [0.5, 0.6) is 0 Å². The number of amides is 1. The average molecular weight is 396 g/mol. The van der Waals surface area contributed by atoms with Gasteiger partial charge in [0, 0.05) is 5.56 Å². The molecule has 3 heterocycles. The van der Waals surface area contributed by atoms with Gasteiger partial charge in [0.05, 0.1) is 10.8 Å². The van der Waals surface area contributed by atoms with E-state index in [0.29, 0.717) is 22.7 Å². The van der Waals surface area contributed by atoms with Crippen molar-refractivity contribution in [2.75, 3.05) is 0 Å². The summed E-state index contributed by atoms with van der Waals surface area (Å²) in [6.45, 7) is 0. The predicted octanol–water partition coefficient (Wildman–Crippen LogP) is 4.46. The van der Waals surface area contributed by atoms with Crippen LogP contribution in [0.4, 0.5) is 0 Å². The Bertz CT molecular complexity index is 994. The van der Waals surface area contributed by atoms with Gasteiger partial charge in [0.2, 0.25) is 11.8 Å². The van der Waals surface area contributed by atoms with E-state index in [1.54, 1.807) is 11.8 Å². The fraction of sp³-hybridized carbons (Fsp3) is 0.316. The molecule has 1 aliphatic carbocycles. The second-order valence-electron chi connectivity index (χ2n) is 6.53. The maximum absolute atomic E-state index is 12.6. The number of carbonyl (C=O) groups is 1. The minimum Gasteiger partial charge on any atom is -0.420 e. The van der Waals surface area contributed by atoms with E-state index in [9.17, 15) is 4.79 Å². The Labute approximate surface area is 164 Å². The molecule has 2 aromatic rings. The molecule has 0 N–H and O–H groups in total. The SMILES string of the molecule is O=C1N=C(SCc2nnc(-c3ccccc3)o2)N=C2SC3=C(CCCC3)C12. The number of carbonyl (C=O) groups excluding carboxylic acids is 1. The summed E-state index contributed by atoms with van der Waals surface area (Å²) >= 11 is 3.03. The molecule has 1 aromatic carbocycles. The first-order chi connectivity index (χ1) is 13.3. The summed E-state index contributed by atoms with van der Waals surface area (Å²) in [5, 5.41) is 9.54. The van der Waals surface area contributed by atoms with E-state index in [1.807, 2.05) is 30.3 Å². The molecule has 1 unspecified atom stereocenters. The summed E-state index contributed by atoms with van der Waals surface area (Å²) in [4.78, 5) is 22.7. The maximum Gasteiger partial charge on any atom is 0.262 e. The van der Waals surface area contributed by atoms with Crippen molar-refractivity contribution >= 4 is 39.6 Å². The Kier molecular flexibility index (Phi) is 4.45. The van der Waals surface area contributed by atoms with Gasteiger partial charge in [-0.3, -0.25) is 4.79 Å². The van der Waals surface area contributed by atoms with Crippen LogP contribution in [0.2, 0.25) is 0 Å². The van der Waals surface area contributed by atoms with Gasteiger partial charge in [-0.2, -0.15) is 4.99 Å². The van der Waals surface area contributed by atoms with E-state index in [0.717, 1.165) is 29.9 Å². The highest BCUT2D eigenvalue weighted by molar-refractivity contribution is 8.18. The minimum atomic E-state index is -0.220. The van der Waals surface area contributed by atoms with Gasteiger partial charge in [-0.25, -0.2) is 4.99 Å². The standard InChI is InChI=1S/C19H16N4O2S2/c24-16-15-12-8-4-5-9-13(12)27-18(15)21-19(20-16)26-10-14-22-23-17(25-14)11-6-2-1-3-7-11/h1-3,6-7,15H,4-5,8-10H2. The van der Waals surface area contributed by atoms with Crippen LogP contribution in [-0.2, 0) is 10.5 Å². The van der Waals surface area contributed by atoms with E-state index >= 15 is 0 Å². The van der Waals surface area contributed by atoms with Crippen molar-refractivity contribution < 1.29 is 9.21 Å². The quantitative estimate of drug-likeness (QED) is 0.762. The van der Waals surface area contributed by atoms with Crippen molar-refractivity contribution in [3.8, 4) is 11.5 Å². The van der Waals surface area contributed by atoms with Gasteiger partial charge in [-0.05, 0) is 48.3 Å². The molecule has 0 spiro atoms. The van der Waals surface area contributed by atoms with E-state index < -0.39 is 0 Å². The number of nitrogens with zero attached hydrogens (tertiary/aromatic N) is 4. The zero-order valence-corrected chi connectivity index (χ0v) is 16.1. The van der Waals surface area contributed by atoms with Crippen LogP contribution in [0.3, 0.4) is 0 Å². The number of amidine groups is 1. The Morgan fingerprint density at radius 3 is 2.85 bits per heavy atom. The number of aliphatic imine (C=N–C) groups is 2. The van der Waals surface area contributed by atoms with Gasteiger partial charge in [-0.1, -0.05) is 41.7 Å². The Morgan fingerprint density at radius 2 is 1.96 bits per heavy atom. The molecule has 1 aromatic heterocycles. The predicted molar refractivity (Wildman–Crippen MR) is 107 cm³/mol. The molecule has 27 heavy (non-hydrogen) atoms. The molecular weight excluding hydrogens is 380 g/mol. The van der Waals surface area contributed by atoms with Crippen molar-refractivity contribution in [3.63, 3.8) is 0 Å². The first kappa shape index (κ1) is 16.9. The third kappa shape index (κ3) is 3.27. The maximum atomic E-state index is 12.6. The lowest BCUT2D eigenvalue weighted by Gasteiger charge is -2.17. The molecule has 5 rings (SSSR count). The largest absolute Gasteiger partial charge is 0.420 e. The number of hydrogen-bond donors (Lipinski definition) is 0. The second kappa shape index (κ2) is 7.09.